The van der Waals surface area contributed by atoms with Crippen LogP contribution in [0.1, 0.15) is 42.8 Å². The molecule has 3 heterocycles. The molecule has 2 aliphatic heterocycles. The van der Waals surface area contributed by atoms with Gasteiger partial charge in [0.2, 0.25) is 5.91 Å². The van der Waals surface area contributed by atoms with E-state index in [1.165, 1.54) is 11.3 Å². The number of nitrogens with one attached hydrogen (secondary N) is 2. The molecule has 0 spiro atoms. The topological polar surface area (TPSA) is 87.7 Å². The zero-order chi connectivity index (χ0) is 19.4. The van der Waals surface area contributed by atoms with Crippen molar-refractivity contribution < 1.29 is 19.1 Å². The van der Waals surface area contributed by atoms with E-state index in [0.717, 1.165) is 32.4 Å². The Morgan fingerprint density at radius 1 is 1.26 bits per heavy atom. The fourth-order valence-corrected chi connectivity index (χ4v) is 4.25. The normalized spacial score (nSPS) is 22.5. The summed E-state index contributed by atoms with van der Waals surface area (Å²) in [6, 6.07) is 2.93. The van der Waals surface area contributed by atoms with Crippen LogP contribution in [0.2, 0.25) is 0 Å². The van der Waals surface area contributed by atoms with Gasteiger partial charge in [0.05, 0.1) is 11.5 Å². The molecular formula is C19H27N3O4S. The first-order chi connectivity index (χ1) is 13.0. The molecule has 0 radical (unpaired) electrons. The summed E-state index contributed by atoms with van der Waals surface area (Å²) in [7, 11) is 0. The summed E-state index contributed by atoms with van der Waals surface area (Å²) in [6.07, 6.45) is 2.33. The van der Waals surface area contributed by atoms with E-state index in [1.807, 2.05) is 25.3 Å². The van der Waals surface area contributed by atoms with Crippen LogP contribution < -0.4 is 10.6 Å². The molecule has 1 aromatic heterocycles. The molecule has 7 nitrogen and oxygen atoms in total. The maximum atomic E-state index is 12.7. The van der Waals surface area contributed by atoms with Gasteiger partial charge in [-0.25, -0.2) is 0 Å². The number of cyclic esters (lactones) is 1. The number of esters is 1. The van der Waals surface area contributed by atoms with E-state index in [0.29, 0.717) is 11.5 Å². The molecule has 0 aromatic carbocycles. The maximum absolute atomic E-state index is 12.7. The number of nitrogens with zero attached hydrogens (tertiary/aromatic N) is 1. The Morgan fingerprint density at radius 3 is 2.56 bits per heavy atom. The molecule has 3 rings (SSSR count). The summed E-state index contributed by atoms with van der Waals surface area (Å²) in [5, 5.41) is 7.78. The number of rotatable bonds is 6. The van der Waals surface area contributed by atoms with Crippen molar-refractivity contribution in [3.63, 3.8) is 0 Å². The fraction of sp³-hybridized carbons (Fsp3) is 0.632. The minimum absolute atomic E-state index is 0.0118. The largest absolute Gasteiger partial charge is 0.464 e. The smallest absolute Gasteiger partial charge is 0.323 e. The molecule has 0 unspecified atom stereocenters. The van der Waals surface area contributed by atoms with Crippen LogP contribution in [-0.2, 0) is 14.3 Å². The summed E-state index contributed by atoms with van der Waals surface area (Å²) in [5.74, 6) is -0.502. The van der Waals surface area contributed by atoms with Gasteiger partial charge in [0, 0.05) is 25.6 Å². The number of hydrogen-bond acceptors (Lipinski definition) is 6. The third kappa shape index (κ3) is 4.87. The van der Waals surface area contributed by atoms with Crippen LogP contribution in [0.5, 0.6) is 0 Å². The first-order valence-electron chi connectivity index (χ1n) is 9.51. The Morgan fingerprint density at radius 2 is 2.00 bits per heavy atom. The molecule has 2 N–H and O–H groups in total. The summed E-state index contributed by atoms with van der Waals surface area (Å²) in [4.78, 5) is 39.5. The van der Waals surface area contributed by atoms with E-state index in [1.54, 1.807) is 6.07 Å². The van der Waals surface area contributed by atoms with Gasteiger partial charge in [0.15, 0.2) is 0 Å². The number of thiophene rings is 1. The monoisotopic (exact) mass is 393 g/mol. The predicted molar refractivity (Wildman–Crippen MR) is 103 cm³/mol. The minimum Gasteiger partial charge on any atom is -0.464 e. The van der Waals surface area contributed by atoms with E-state index < -0.39 is 6.04 Å². The molecule has 2 atom stereocenters. The molecular weight excluding hydrogens is 366 g/mol. The number of amides is 2. The highest BCUT2D eigenvalue weighted by atomic mass is 32.1. The molecule has 1 aromatic rings. The second-order valence-electron chi connectivity index (χ2n) is 7.46. The first kappa shape index (κ1) is 19.8. The van der Waals surface area contributed by atoms with Crippen LogP contribution in [0.3, 0.4) is 0 Å². The van der Waals surface area contributed by atoms with E-state index in [4.69, 9.17) is 4.74 Å². The van der Waals surface area contributed by atoms with Crippen molar-refractivity contribution in [2.24, 2.45) is 5.92 Å². The van der Waals surface area contributed by atoms with Crippen molar-refractivity contribution in [3.8, 4) is 0 Å². The molecule has 148 valence electrons. The summed E-state index contributed by atoms with van der Waals surface area (Å²) < 4.78 is 5.05. The lowest BCUT2D eigenvalue weighted by Gasteiger charge is -2.35. The Kier molecular flexibility index (Phi) is 6.49. The highest BCUT2D eigenvalue weighted by Gasteiger charge is 2.35. The lowest BCUT2D eigenvalue weighted by atomic mass is 9.99. The second-order valence-corrected chi connectivity index (χ2v) is 8.41. The molecule has 0 aliphatic carbocycles. The predicted octanol–water partition coefficient (Wildman–Crippen LogP) is 1.40. The number of hydrogen-bond donors (Lipinski definition) is 2. The Bertz CT molecular complexity index is 669. The molecule has 0 bridgehead atoms. The zero-order valence-corrected chi connectivity index (χ0v) is 16.6. The Balaban J connectivity index is 1.50. The second kappa shape index (κ2) is 8.84. The van der Waals surface area contributed by atoms with Crippen molar-refractivity contribution in [2.45, 2.75) is 51.2 Å². The third-order valence-electron chi connectivity index (χ3n) is 5.21. The van der Waals surface area contributed by atoms with E-state index in [-0.39, 0.29) is 35.8 Å². The zero-order valence-electron chi connectivity index (χ0n) is 15.8. The van der Waals surface area contributed by atoms with Gasteiger partial charge in [0.25, 0.3) is 5.91 Å². The number of piperidine rings is 1. The van der Waals surface area contributed by atoms with E-state index >= 15 is 0 Å². The lowest BCUT2D eigenvalue weighted by Crippen LogP contribution is -2.55. The summed E-state index contributed by atoms with van der Waals surface area (Å²) >= 11 is 1.36. The highest BCUT2D eigenvalue weighted by molar-refractivity contribution is 7.12. The van der Waals surface area contributed by atoms with Gasteiger partial charge in [-0.2, -0.15) is 0 Å². The van der Waals surface area contributed by atoms with Gasteiger partial charge in [-0.05, 0) is 30.2 Å². The molecule has 8 heteroatoms. The van der Waals surface area contributed by atoms with Crippen LogP contribution >= 0.6 is 11.3 Å². The van der Waals surface area contributed by atoms with Crippen molar-refractivity contribution in [3.05, 3.63) is 22.4 Å². The first-order valence-corrected chi connectivity index (χ1v) is 10.4. The highest BCUT2D eigenvalue weighted by Crippen LogP contribution is 2.20. The van der Waals surface area contributed by atoms with Gasteiger partial charge < -0.3 is 15.4 Å². The third-order valence-corrected chi connectivity index (χ3v) is 6.07. The van der Waals surface area contributed by atoms with Crippen LogP contribution in [0.15, 0.2) is 17.5 Å². The van der Waals surface area contributed by atoms with Gasteiger partial charge in [-0.3, -0.25) is 19.3 Å². The van der Waals surface area contributed by atoms with Gasteiger partial charge in [-0.15, -0.1) is 11.3 Å². The van der Waals surface area contributed by atoms with Crippen LogP contribution in [0.4, 0.5) is 0 Å². The van der Waals surface area contributed by atoms with Crippen molar-refractivity contribution >= 4 is 29.1 Å². The van der Waals surface area contributed by atoms with E-state index in [2.05, 4.69) is 15.5 Å². The summed E-state index contributed by atoms with van der Waals surface area (Å²) in [6.45, 7) is 5.87. The van der Waals surface area contributed by atoms with Crippen molar-refractivity contribution in [1.29, 1.82) is 0 Å². The van der Waals surface area contributed by atoms with Crippen molar-refractivity contribution in [2.75, 3.05) is 19.7 Å². The maximum Gasteiger partial charge on any atom is 0.323 e. The van der Waals surface area contributed by atoms with E-state index in [9.17, 15) is 14.4 Å². The molecule has 2 amide bonds. The Hall–Kier alpha value is -1.93. The summed E-state index contributed by atoms with van der Waals surface area (Å²) in [5.41, 5.74) is 0. The molecule has 2 saturated heterocycles. The molecule has 2 fully saturated rings. The Labute approximate surface area is 163 Å². The number of likely N-dealkylation sites (tertiary alicyclic amines) is 1. The quantitative estimate of drug-likeness (QED) is 0.714. The lowest BCUT2D eigenvalue weighted by molar-refractivity contribution is -0.142. The average Bonchev–Trinajstić information content (AvgIpc) is 3.31. The van der Waals surface area contributed by atoms with Gasteiger partial charge >= 0.3 is 5.97 Å². The van der Waals surface area contributed by atoms with Gasteiger partial charge in [0.1, 0.15) is 12.1 Å². The molecule has 0 saturated carbocycles. The van der Waals surface area contributed by atoms with Crippen LogP contribution in [0, 0.1) is 5.92 Å². The number of carbonyl (C=O) groups is 3. The van der Waals surface area contributed by atoms with Gasteiger partial charge in [-0.1, -0.05) is 19.9 Å². The molecule has 27 heavy (non-hydrogen) atoms. The number of ether oxygens (including phenoxy) is 1. The van der Waals surface area contributed by atoms with Crippen molar-refractivity contribution in [1.82, 2.24) is 15.5 Å². The minimum atomic E-state index is -0.567. The SMILES string of the molecule is CC(C)[C@H](NC(=O)c1cccs1)C(=O)NC1CCN([C@@H]2CCOC2=O)CC1. The average molecular weight is 394 g/mol. The standard InChI is InChI=1S/C19H27N3O4S/c1-12(2)16(21-17(23)15-4-3-11-27-15)18(24)20-13-5-8-22(9-6-13)14-7-10-26-19(14)25/h3-4,11-14,16H,5-10H2,1-2H3,(H,20,24)(H,21,23)/t14-,16+/m1/s1. The molecule has 2 aliphatic rings. The van der Waals surface area contributed by atoms with Crippen LogP contribution in [-0.4, -0.2) is 60.5 Å². The fourth-order valence-electron chi connectivity index (χ4n) is 3.62. The van der Waals surface area contributed by atoms with Crippen LogP contribution in [0.25, 0.3) is 0 Å². The number of carbonyl (C=O) groups excluding carboxylic acids is 3.